The first-order valence-electron chi connectivity index (χ1n) is 4.86. The van der Waals surface area contributed by atoms with E-state index in [9.17, 15) is 15.0 Å². The fourth-order valence-electron chi connectivity index (χ4n) is 1.29. The molecule has 17 heavy (non-hydrogen) atoms. The van der Waals surface area contributed by atoms with Gasteiger partial charge in [0, 0.05) is 11.3 Å². The Balaban J connectivity index is 3.10. The van der Waals surface area contributed by atoms with E-state index in [1.54, 1.807) is 0 Å². The Morgan fingerprint density at radius 1 is 1.41 bits per heavy atom. The third-order valence-electron chi connectivity index (χ3n) is 2.18. The van der Waals surface area contributed by atoms with Crippen LogP contribution >= 0.6 is 0 Å². The van der Waals surface area contributed by atoms with Gasteiger partial charge in [-0.15, -0.1) is 0 Å². The first kappa shape index (κ1) is 13.0. The van der Waals surface area contributed by atoms with Gasteiger partial charge in [-0.05, 0) is 25.1 Å². The van der Waals surface area contributed by atoms with Gasteiger partial charge >= 0.3 is 5.97 Å². The summed E-state index contributed by atoms with van der Waals surface area (Å²) in [6.07, 6.45) is 0. The number of aliphatic carboxylic acids is 1. The molecule has 0 aromatic heterocycles. The maximum atomic E-state index is 10.7. The van der Waals surface area contributed by atoms with Crippen LogP contribution in [0.25, 0.3) is 0 Å². The summed E-state index contributed by atoms with van der Waals surface area (Å²) < 4.78 is 0. The maximum Gasteiger partial charge on any atom is 0.330 e. The summed E-state index contributed by atoms with van der Waals surface area (Å²) in [6.45, 7) is 0.854. The van der Waals surface area contributed by atoms with Gasteiger partial charge in [0.1, 0.15) is 11.5 Å². The number of phenols is 2. The molecule has 6 nitrogen and oxygen atoms in total. The molecule has 1 atom stereocenters. The lowest BCUT2D eigenvalue weighted by atomic mass is 10.1. The lowest BCUT2D eigenvalue weighted by Gasteiger charge is -2.08. The molecule has 0 radical (unpaired) electrons. The van der Waals surface area contributed by atoms with Crippen LogP contribution in [0.2, 0.25) is 0 Å². The second-order valence-corrected chi connectivity index (χ2v) is 3.45. The predicted molar refractivity (Wildman–Crippen MR) is 60.5 cm³/mol. The number of aliphatic hydroxyl groups is 1. The van der Waals surface area contributed by atoms with E-state index in [0.717, 1.165) is 0 Å². The van der Waals surface area contributed by atoms with Gasteiger partial charge in [0.25, 0.3) is 0 Å². The van der Waals surface area contributed by atoms with Gasteiger partial charge in [0.05, 0.1) is 6.61 Å². The highest BCUT2D eigenvalue weighted by atomic mass is 16.4. The first-order valence-corrected chi connectivity index (χ1v) is 4.86. The summed E-state index contributed by atoms with van der Waals surface area (Å²) >= 11 is 0. The van der Waals surface area contributed by atoms with E-state index in [2.05, 4.69) is 4.99 Å². The summed E-state index contributed by atoms with van der Waals surface area (Å²) in [7, 11) is 0. The van der Waals surface area contributed by atoms with Crippen LogP contribution in [0.4, 0.5) is 0 Å². The summed E-state index contributed by atoms with van der Waals surface area (Å²) in [5.41, 5.74) is 0.449. The van der Waals surface area contributed by atoms with E-state index in [-0.39, 0.29) is 22.8 Å². The zero-order valence-electron chi connectivity index (χ0n) is 9.16. The van der Waals surface area contributed by atoms with Crippen LogP contribution < -0.4 is 0 Å². The average Bonchev–Trinajstić information content (AvgIpc) is 2.28. The number of rotatable bonds is 4. The molecule has 0 bridgehead atoms. The zero-order chi connectivity index (χ0) is 13.0. The van der Waals surface area contributed by atoms with E-state index in [1.807, 2.05) is 0 Å². The standard InChI is InChI=1S/C11H13NO5/c1-6(12-9(5-13)11(16)17)8-4-7(14)2-3-10(8)15/h2-4,9,13-15H,5H2,1H3,(H,16,17). The van der Waals surface area contributed by atoms with Crippen molar-refractivity contribution in [3.63, 3.8) is 0 Å². The SMILES string of the molecule is CC(=NC(CO)C(=O)O)c1cc(O)ccc1O. The van der Waals surface area contributed by atoms with Crippen LogP contribution in [0.15, 0.2) is 23.2 Å². The molecule has 0 fully saturated rings. The van der Waals surface area contributed by atoms with Crippen molar-refractivity contribution in [3.8, 4) is 11.5 Å². The monoisotopic (exact) mass is 239 g/mol. The molecule has 0 aliphatic rings. The summed E-state index contributed by atoms with van der Waals surface area (Å²) in [6, 6.07) is 2.56. The molecule has 0 aliphatic carbocycles. The highest BCUT2D eigenvalue weighted by Crippen LogP contribution is 2.23. The second kappa shape index (κ2) is 5.31. The molecule has 1 aromatic carbocycles. The Morgan fingerprint density at radius 3 is 2.59 bits per heavy atom. The van der Waals surface area contributed by atoms with Crippen molar-refractivity contribution in [1.82, 2.24) is 0 Å². The van der Waals surface area contributed by atoms with E-state index in [4.69, 9.17) is 10.2 Å². The number of carboxylic acids is 1. The van der Waals surface area contributed by atoms with Crippen molar-refractivity contribution in [2.24, 2.45) is 4.99 Å². The average molecular weight is 239 g/mol. The highest BCUT2D eigenvalue weighted by Gasteiger charge is 2.16. The summed E-state index contributed by atoms with van der Waals surface area (Å²) in [5, 5.41) is 36.3. The first-order chi connectivity index (χ1) is 7.95. The number of aromatic hydroxyl groups is 2. The molecule has 0 heterocycles. The Hall–Kier alpha value is -2.08. The Labute approximate surface area is 97.5 Å². The molecule has 1 unspecified atom stereocenters. The van der Waals surface area contributed by atoms with Crippen LogP contribution in [-0.2, 0) is 4.79 Å². The van der Waals surface area contributed by atoms with Crippen LogP contribution in [0.3, 0.4) is 0 Å². The van der Waals surface area contributed by atoms with Gasteiger partial charge in [-0.1, -0.05) is 0 Å². The summed E-state index contributed by atoms with van der Waals surface area (Å²) in [5.74, 6) is -1.44. The van der Waals surface area contributed by atoms with Gasteiger partial charge in [0.15, 0.2) is 6.04 Å². The number of aliphatic hydroxyl groups excluding tert-OH is 1. The number of nitrogens with zero attached hydrogens (tertiary/aromatic N) is 1. The fraction of sp³-hybridized carbons (Fsp3) is 0.273. The smallest absolute Gasteiger partial charge is 0.330 e. The van der Waals surface area contributed by atoms with E-state index < -0.39 is 18.6 Å². The molecule has 1 aromatic rings. The number of carboxylic acid groups (broad SMARTS) is 1. The van der Waals surface area contributed by atoms with Gasteiger partial charge in [0.2, 0.25) is 0 Å². The van der Waals surface area contributed by atoms with Gasteiger partial charge in [-0.3, -0.25) is 4.99 Å². The zero-order valence-corrected chi connectivity index (χ0v) is 9.16. The van der Waals surface area contributed by atoms with E-state index >= 15 is 0 Å². The second-order valence-electron chi connectivity index (χ2n) is 3.45. The molecule has 0 saturated heterocycles. The predicted octanol–water partition coefficient (Wildman–Crippen LogP) is 0.352. The van der Waals surface area contributed by atoms with Crippen molar-refractivity contribution < 1.29 is 25.2 Å². The van der Waals surface area contributed by atoms with E-state index in [0.29, 0.717) is 0 Å². The fourth-order valence-corrected chi connectivity index (χ4v) is 1.29. The molecule has 4 N–H and O–H groups in total. The summed E-state index contributed by atoms with van der Waals surface area (Å²) in [4.78, 5) is 14.4. The number of hydrogen-bond donors (Lipinski definition) is 4. The van der Waals surface area contributed by atoms with Crippen molar-refractivity contribution in [2.75, 3.05) is 6.61 Å². The molecule has 92 valence electrons. The Kier molecular flexibility index (Phi) is 4.06. The maximum absolute atomic E-state index is 10.7. The quantitative estimate of drug-likeness (QED) is 0.447. The minimum absolute atomic E-state index is 0.0665. The third kappa shape index (κ3) is 3.18. The minimum atomic E-state index is -1.28. The highest BCUT2D eigenvalue weighted by molar-refractivity contribution is 6.02. The topological polar surface area (TPSA) is 110 Å². The Morgan fingerprint density at radius 2 is 2.06 bits per heavy atom. The molecule has 1 rings (SSSR count). The number of benzene rings is 1. The molecular weight excluding hydrogens is 226 g/mol. The number of carbonyl (C=O) groups is 1. The van der Waals surface area contributed by atoms with Crippen LogP contribution in [0, 0.1) is 0 Å². The molecule has 0 amide bonds. The Bertz CT molecular complexity index is 455. The van der Waals surface area contributed by atoms with E-state index in [1.165, 1.54) is 25.1 Å². The van der Waals surface area contributed by atoms with Crippen molar-refractivity contribution in [3.05, 3.63) is 23.8 Å². The van der Waals surface area contributed by atoms with Gasteiger partial charge in [-0.25, -0.2) is 4.79 Å². The third-order valence-corrected chi connectivity index (χ3v) is 2.18. The van der Waals surface area contributed by atoms with Crippen molar-refractivity contribution in [2.45, 2.75) is 13.0 Å². The number of phenolic OH excluding ortho intramolecular Hbond substituents is 2. The van der Waals surface area contributed by atoms with Crippen molar-refractivity contribution >= 4 is 11.7 Å². The molecule has 6 heteroatoms. The minimum Gasteiger partial charge on any atom is -0.508 e. The van der Waals surface area contributed by atoms with Crippen LogP contribution in [-0.4, -0.2) is 44.8 Å². The van der Waals surface area contributed by atoms with Gasteiger partial charge in [-0.2, -0.15) is 0 Å². The molecule has 0 aliphatic heterocycles. The molecule has 0 saturated carbocycles. The normalized spacial score (nSPS) is 13.4. The number of hydrogen-bond acceptors (Lipinski definition) is 5. The lowest BCUT2D eigenvalue weighted by molar-refractivity contribution is -0.139. The molecular formula is C11H13NO5. The lowest BCUT2D eigenvalue weighted by Crippen LogP contribution is -2.23. The largest absolute Gasteiger partial charge is 0.508 e. The number of aliphatic imine (C=N–C) groups is 1. The van der Waals surface area contributed by atoms with Crippen molar-refractivity contribution in [1.29, 1.82) is 0 Å². The van der Waals surface area contributed by atoms with Crippen LogP contribution in [0.5, 0.6) is 11.5 Å². The van der Waals surface area contributed by atoms with Crippen LogP contribution in [0.1, 0.15) is 12.5 Å². The van der Waals surface area contributed by atoms with Gasteiger partial charge < -0.3 is 20.4 Å². The molecule has 0 spiro atoms.